The van der Waals surface area contributed by atoms with Gasteiger partial charge in [0, 0.05) is 33.3 Å². The van der Waals surface area contributed by atoms with Gasteiger partial charge in [0.05, 0.1) is 12.4 Å². The molecule has 2 unspecified atom stereocenters. The van der Waals surface area contributed by atoms with Crippen molar-refractivity contribution in [3.8, 4) is 0 Å². The number of nitrogens with zero attached hydrogens (tertiary/aromatic N) is 1. The summed E-state index contributed by atoms with van der Waals surface area (Å²) in [6.07, 6.45) is 1.06. The molecule has 0 aromatic carbocycles. The zero-order valence-electron chi connectivity index (χ0n) is 10.3. The largest absolute Gasteiger partial charge is 0.381 e. The van der Waals surface area contributed by atoms with Gasteiger partial charge in [-0.2, -0.15) is 0 Å². The molecule has 16 heavy (non-hydrogen) atoms. The van der Waals surface area contributed by atoms with E-state index in [4.69, 9.17) is 4.74 Å². The van der Waals surface area contributed by atoms with Crippen LogP contribution in [0.25, 0.3) is 0 Å². The average Bonchev–Trinajstić information content (AvgIpc) is 2.69. The minimum Gasteiger partial charge on any atom is -0.381 e. The van der Waals surface area contributed by atoms with Gasteiger partial charge in [0.25, 0.3) is 0 Å². The third kappa shape index (κ3) is 4.01. The molecule has 1 fully saturated rings. The highest BCUT2D eigenvalue weighted by atomic mass is 32.2. The fraction of sp³-hybridized carbons (Fsp3) is 1.00. The molecule has 0 aromatic rings. The summed E-state index contributed by atoms with van der Waals surface area (Å²) < 4.78 is 29.5. The summed E-state index contributed by atoms with van der Waals surface area (Å²) in [6.45, 7) is 4.20. The molecule has 0 saturated carbocycles. The number of sulfonamides is 1. The van der Waals surface area contributed by atoms with Crippen molar-refractivity contribution < 1.29 is 13.2 Å². The lowest BCUT2D eigenvalue weighted by Crippen LogP contribution is -2.38. The van der Waals surface area contributed by atoms with Crippen molar-refractivity contribution in [2.24, 2.45) is 5.92 Å². The Morgan fingerprint density at radius 1 is 1.50 bits per heavy atom. The summed E-state index contributed by atoms with van der Waals surface area (Å²) in [4.78, 5) is 0. The number of nitrogens with one attached hydrogen (secondary N) is 1. The second-order valence-corrected chi connectivity index (χ2v) is 6.77. The normalized spacial score (nSPS) is 23.9. The molecule has 0 aliphatic carbocycles. The van der Waals surface area contributed by atoms with Crippen molar-refractivity contribution in [3.05, 3.63) is 0 Å². The summed E-state index contributed by atoms with van der Waals surface area (Å²) in [5.41, 5.74) is 0. The van der Waals surface area contributed by atoms with Crippen molar-refractivity contribution in [1.82, 2.24) is 9.62 Å². The van der Waals surface area contributed by atoms with E-state index in [2.05, 4.69) is 12.2 Å². The molecule has 1 aliphatic heterocycles. The first kappa shape index (κ1) is 13.9. The molecular weight excluding hydrogens is 228 g/mol. The summed E-state index contributed by atoms with van der Waals surface area (Å²) in [6, 6.07) is 0.319. The van der Waals surface area contributed by atoms with Crippen molar-refractivity contribution >= 4 is 10.0 Å². The Bertz CT molecular complexity index is 297. The molecule has 1 saturated heterocycles. The molecule has 2 atom stereocenters. The van der Waals surface area contributed by atoms with E-state index in [9.17, 15) is 8.42 Å². The lowest BCUT2D eigenvalue weighted by Gasteiger charge is -2.19. The first-order valence-electron chi connectivity index (χ1n) is 5.65. The molecular formula is C10H22N2O3S. The first-order chi connectivity index (χ1) is 7.43. The van der Waals surface area contributed by atoms with E-state index in [0.717, 1.165) is 19.6 Å². The minimum atomic E-state index is -3.08. The second kappa shape index (κ2) is 5.95. The van der Waals surface area contributed by atoms with E-state index in [-0.39, 0.29) is 5.75 Å². The maximum Gasteiger partial charge on any atom is 0.214 e. The highest BCUT2D eigenvalue weighted by Gasteiger charge is 2.22. The standard InChI is InChI=1S/C10H22N2O3S/c1-9(10-4-6-15-8-10)11-5-7-16(13,14)12(2)3/h9-11H,4-8H2,1-3H3. The van der Waals surface area contributed by atoms with E-state index in [1.807, 2.05) is 0 Å². The van der Waals surface area contributed by atoms with E-state index in [1.54, 1.807) is 14.1 Å². The van der Waals surface area contributed by atoms with E-state index >= 15 is 0 Å². The fourth-order valence-corrected chi connectivity index (χ4v) is 2.45. The van der Waals surface area contributed by atoms with Gasteiger partial charge < -0.3 is 10.1 Å². The van der Waals surface area contributed by atoms with Gasteiger partial charge in [0.1, 0.15) is 0 Å². The highest BCUT2D eigenvalue weighted by Crippen LogP contribution is 2.16. The minimum absolute atomic E-state index is 0.151. The fourth-order valence-electron chi connectivity index (χ4n) is 1.71. The number of rotatable bonds is 6. The van der Waals surface area contributed by atoms with Crippen LogP contribution >= 0.6 is 0 Å². The van der Waals surface area contributed by atoms with Gasteiger partial charge in [-0.15, -0.1) is 0 Å². The van der Waals surface area contributed by atoms with Crippen LogP contribution in [0, 0.1) is 5.92 Å². The van der Waals surface area contributed by atoms with Gasteiger partial charge in [0.15, 0.2) is 0 Å². The third-order valence-corrected chi connectivity index (χ3v) is 4.89. The van der Waals surface area contributed by atoms with Crippen molar-refractivity contribution in [3.63, 3.8) is 0 Å². The quantitative estimate of drug-likeness (QED) is 0.715. The molecule has 6 heteroatoms. The Hall–Kier alpha value is -0.170. The number of hydrogen-bond donors (Lipinski definition) is 1. The Morgan fingerprint density at radius 3 is 2.69 bits per heavy atom. The van der Waals surface area contributed by atoms with Crippen molar-refractivity contribution in [2.45, 2.75) is 19.4 Å². The Kier molecular flexibility index (Phi) is 5.17. The molecule has 5 nitrogen and oxygen atoms in total. The van der Waals surface area contributed by atoms with Crippen LogP contribution in [0.5, 0.6) is 0 Å². The molecule has 0 spiro atoms. The molecule has 96 valence electrons. The molecule has 0 amide bonds. The second-order valence-electron chi connectivity index (χ2n) is 4.46. The van der Waals surface area contributed by atoms with Crippen LogP contribution in [0.1, 0.15) is 13.3 Å². The molecule has 0 bridgehead atoms. The average molecular weight is 250 g/mol. The van der Waals surface area contributed by atoms with Crippen LogP contribution in [-0.4, -0.2) is 58.4 Å². The van der Waals surface area contributed by atoms with Crippen molar-refractivity contribution in [2.75, 3.05) is 39.6 Å². The molecule has 1 heterocycles. The zero-order chi connectivity index (χ0) is 12.2. The number of hydrogen-bond acceptors (Lipinski definition) is 4. The lowest BCUT2D eigenvalue weighted by atomic mass is 10.0. The summed E-state index contributed by atoms with van der Waals surface area (Å²) >= 11 is 0. The predicted molar refractivity (Wildman–Crippen MR) is 63.9 cm³/mol. The van der Waals surface area contributed by atoms with Gasteiger partial charge in [-0.25, -0.2) is 12.7 Å². The predicted octanol–water partition coefficient (Wildman–Crippen LogP) is -0.108. The lowest BCUT2D eigenvalue weighted by molar-refractivity contribution is 0.178. The van der Waals surface area contributed by atoms with Crippen LogP contribution in [0.2, 0.25) is 0 Å². The van der Waals surface area contributed by atoms with Gasteiger partial charge in [-0.3, -0.25) is 0 Å². The monoisotopic (exact) mass is 250 g/mol. The smallest absolute Gasteiger partial charge is 0.214 e. The summed E-state index contributed by atoms with van der Waals surface area (Å²) in [5, 5.41) is 3.25. The van der Waals surface area contributed by atoms with Crippen LogP contribution in [0.4, 0.5) is 0 Å². The Morgan fingerprint density at radius 2 is 2.19 bits per heavy atom. The van der Waals surface area contributed by atoms with Crippen LogP contribution in [-0.2, 0) is 14.8 Å². The van der Waals surface area contributed by atoms with E-state index in [0.29, 0.717) is 18.5 Å². The van der Waals surface area contributed by atoms with Gasteiger partial charge in [-0.05, 0) is 19.3 Å². The molecule has 1 N–H and O–H groups in total. The SMILES string of the molecule is CC(NCCS(=O)(=O)N(C)C)C1CCOC1. The van der Waals surface area contributed by atoms with E-state index < -0.39 is 10.0 Å². The van der Waals surface area contributed by atoms with Crippen molar-refractivity contribution in [1.29, 1.82) is 0 Å². The topological polar surface area (TPSA) is 58.6 Å². The zero-order valence-corrected chi connectivity index (χ0v) is 11.1. The highest BCUT2D eigenvalue weighted by molar-refractivity contribution is 7.89. The molecule has 0 radical (unpaired) electrons. The molecule has 1 rings (SSSR count). The molecule has 1 aliphatic rings. The summed E-state index contributed by atoms with van der Waals surface area (Å²) in [7, 11) is 0.0404. The van der Waals surface area contributed by atoms with Gasteiger partial charge in [0.2, 0.25) is 10.0 Å². The first-order valence-corrected chi connectivity index (χ1v) is 7.25. The number of ether oxygens (including phenoxy) is 1. The molecule has 0 aromatic heterocycles. The van der Waals surface area contributed by atoms with E-state index in [1.165, 1.54) is 4.31 Å². The van der Waals surface area contributed by atoms with Crippen LogP contribution < -0.4 is 5.32 Å². The Balaban J connectivity index is 2.24. The summed E-state index contributed by atoms with van der Waals surface area (Å²) in [5.74, 6) is 0.667. The maximum absolute atomic E-state index is 11.5. The van der Waals surface area contributed by atoms with Crippen LogP contribution in [0.15, 0.2) is 0 Å². The van der Waals surface area contributed by atoms with Gasteiger partial charge >= 0.3 is 0 Å². The third-order valence-electron chi connectivity index (χ3n) is 3.05. The Labute approximate surface area is 98.2 Å². The van der Waals surface area contributed by atoms with Gasteiger partial charge in [-0.1, -0.05) is 0 Å². The maximum atomic E-state index is 11.5. The van der Waals surface area contributed by atoms with Crippen LogP contribution in [0.3, 0.4) is 0 Å².